The molecule has 0 radical (unpaired) electrons. The second kappa shape index (κ2) is 6.68. The van der Waals surface area contributed by atoms with Gasteiger partial charge in [0.05, 0.1) is 11.6 Å². The molecule has 112 valence electrons. The Morgan fingerprint density at radius 3 is 2.80 bits per heavy atom. The van der Waals surface area contributed by atoms with Gasteiger partial charge in [-0.1, -0.05) is 19.1 Å². The van der Waals surface area contributed by atoms with Crippen LogP contribution in [0.15, 0.2) is 18.2 Å². The number of nitrogens with one attached hydrogen (secondary N) is 1. The van der Waals surface area contributed by atoms with Crippen LogP contribution in [0.3, 0.4) is 0 Å². The summed E-state index contributed by atoms with van der Waals surface area (Å²) in [6.07, 6.45) is 4.46. The number of rotatable bonds is 5. The third-order valence-corrected chi connectivity index (χ3v) is 4.22. The van der Waals surface area contributed by atoms with Crippen LogP contribution in [0.1, 0.15) is 56.7 Å². The zero-order chi connectivity index (χ0) is 14.6. The molecule has 1 heterocycles. The van der Waals surface area contributed by atoms with Gasteiger partial charge in [-0.15, -0.1) is 0 Å². The van der Waals surface area contributed by atoms with E-state index in [-0.39, 0.29) is 17.5 Å². The molecule has 2 atom stereocenters. The Morgan fingerprint density at radius 2 is 2.20 bits per heavy atom. The SMILES string of the molecule is CCCNC(c1ccc(F)c(C)c1)C1(C)CCCCO1. The van der Waals surface area contributed by atoms with Gasteiger partial charge < -0.3 is 10.1 Å². The normalized spacial score (nSPS) is 24.6. The van der Waals surface area contributed by atoms with Crippen LogP contribution in [0.5, 0.6) is 0 Å². The van der Waals surface area contributed by atoms with Crippen molar-refractivity contribution < 1.29 is 9.13 Å². The van der Waals surface area contributed by atoms with E-state index in [4.69, 9.17) is 4.74 Å². The summed E-state index contributed by atoms with van der Waals surface area (Å²) in [6.45, 7) is 7.92. The zero-order valence-electron chi connectivity index (χ0n) is 12.8. The third kappa shape index (κ3) is 3.39. The van der Waals surface area contributed by atoms with Crippen LogP contribution >= 0.6 is 0 Å². The fraction of sp³-hybridized carbons (Fsp3) is 0.647. The van der Waals surface area contributed by atoms with E-state index in [0.717, 1.165) is 38.0 Å². The van der Waals surface area contributed by atoms with Crippen molar-refractivity contribution >= 4 is 0 Å². The Hall–Kier alpha value is -0.930. The van der Waals surface area contributed by atoms with Gasteiger partial charge in [0.25, 0.3) is 0 Å². The lowest BCUT2D eigenvalue weighted by Crippen LogP contribution is -2.46. The molecule has 1 aromatic rings. The Kier molecular flexibility index (Phi) is 5.17. The Morgan fingerprint density at radius 1 is 1.40 bits per heavy atom. The largest absolute Gasteiger partial charge is 0.373 e. The first kappa shape index (κ1) is 15.5. The molecule has 1 aliphatic rings. The van der Waals surface area contributed by atoms with Gasteiger partial charge in [0.1, 0.15) is 5.82 Å². The molecule has 0 spiro atoms. The van der Waals surface area contributed by atoms with Gasteiger partial charge in [0, 0.05) is 6.61 Å². The molecule has 0 amide bonds. The third-order valence-electron chi connectivity index (χ3n) is 4.22. The summed E-state index contributed by atoms with van der Waals surface area (Å²) in [5.74, 6) is -0.141. The van der Waals surface area contributed by atoms with Gasteiger partial charge in [-0.2, -0.15) is 0 Å². The Balaban J connectivity index is 2.28. The summed E-state index contributed by atoms with van der Waals surface area (Å²) in [6, 6.07) is 5.53. The molecule has 2 nitrogen and oxygen atoms in total. The van der Waals surface area contributed by atoms with Crippen molar-refractivity contribution in [3.8, 4) is 0 Å². The lowest BCUT2D eigenvalue weighted by molar-refractivity contribution is -0.0897. The monoisotopic (exact) mass is 279 g/mol. The second-order valence-electron chi connectivity index (χ2n) is 6.01. The average molecular weight is 279 g/mol. The summed E-state index contributed by atoms with van der Waals surface area (Å²) in [5.41, 5.74) is 1.63. The van der Waals surface area contributed by atoms with Crippen LogP contribution in [0.2, 0.25) is 0 Å². The first-order chi connectivity index (χ1) is 9.57. The fourth-order valence-corrected chi connectivity index (χ4v) is 3.01. The van der Waals surface area contributed by atoms with Gasteiger partial charge in [-0.3, -0.25) is 0 Å². The molecule has 0 aliphatic carbocycles. The minimum atomic E-state index is -0.197. The van der Waals surface area contributed by atoms with E-state index in [1.165, 1.54) is 6.42 Å². The number of hydrogen-bond donors (Lipinski definition) is 1. The summed E-state index contributed by atoms with van der Waals surface area (Å²) in [4.78, 5) is 0. The second-order valence-corrected chi connectivity index (χ2v) is 6.01. The lowest BCUT2D eigenvalue weighted by atomic mass is 9.83. The summed E-state index contributed by atoms with van der Waals surface area (Å²) >= 11 is 0. The Bertz CT molecular complexity index is 441. The van der Waals surface area contributed by atoms with Gasteiger partial charge in [-0.25, -0.2) is 4.39 Å². The molecule has 2 rings (SSSR count). The summed E-state index contributed by atoms with van der Waals surface area (Å²) in [5, 5.41) is 3.60. The van der Waals surface area contributed by atoms with E-state index >= 15 is 0 Å². The number of aryl methyl sites for hydroxylation is 1. The maximum atomic E-state index is 13.5. The van der Waals surface area contributed by atoms with Crippen molar-refractivity contribution in [3.63, 3.8) is 0 Å². The zero-order valence-corrected chi connectivity index (χ0v) is 12.8. The molecule has 0 bridgehead atoms. The van der Waals surface area contributed by atoms with E-state index in [9.17, 15) is 4.39 Å². The van der Waals surface area contributed by atoms with Crippen LogP contribution in [0.4, 0.5) is 4.39 Å². The molecule has 1 aromatic carbocycles. The predicted molar refractivity (Wildman–Crippen MR) is 80.4 cm³/mol. The van der Waals surface area contributed by atoms with Crippen molar-refractivity contribution in [2.45, 2.75) is 58.1 Å². The van der Waals surface area contributed by atoms with Crippen molar-refractivity contribution in [2.75, 3.05) is 13.2 Å². The molecule has 20 heavy (non-hydrogen) atoms. The molecule has 1 aliphatic heterocycles. The maximum Gasteiger partial charge on any atom is 0.126 e. The molecular formula is C17H26FNO. The quantitative estimate of drug-likeness (QED) is 0.875. The molecule has 0 saturated carbocycles. The standard InChI is InChI=1S/C17H26FNO/c1-4-10-19-16(17(3)9-5-6-11-20-17)14-7-8-15(18)13(2)12-14/h7-8,12,16,19H,4-6,9-11H2,1-3H3. The van der Waals surface area contributed by atoms with Crippen LogP contribution in [-0.4, -0.2) is 18.8 Å². The maximum absolute atomic E-state index is 13.5. The molecular weight excluding hydrogens is 253 g/mol. The number of halogens is 1. The van der Waals surface area contributed by atoms with E-state index in [2.05, 4.69) is 19.2 Å². The molecule has 1 N–H and O–H groups in total. The smallest absolute Gasteiger partial charge is 0.126 e. The molecule has 0 aromatic heterocycles. The van der Waals surface area contributed by atoms with E-state index in [1.54, 1.807) is 6.07 Å². The fourth-order valence-electron chi connectivity index (χ4n) is 3.01. The molecule has 3 heteroatoms. The van der Waals surface area contributed by atoms with Crippen molar-refractivity contribution in [2.24, 2.45) is 0 Å². The summed E-state index contributed by atoms with van der Waals surface area (Å²) < 4.78 is 19.6. The molecule has 1 fully saturated rings. The topological polar surface area (TPSA) is 21.3 Å². The van der Waals surface area contributed by atoms with Gasteiger partial charge >= 0.3 is 0 Å². The number of benzene rings is 1. The van der Waals surface area contributed by atoms with Gasteiger partial charge in [0.2, 0.25) is 0 Å². The van der Waals surface area contributed by atoms with Crippen molar-refractivity contribution in [3.05, 3.63) is 35.1 Å². The highest BCUT2D eigenvalue weighted by atomic mass is 19.1. The van der Waals surface area contributed by atoms with Crippen molar-refractivity contribution in [1.29, 1.82) is 0 Å². The van der Waals surface area contributed by atoms with Crippen molar-refractivity contribution in [1.82, 2.24) is 5.32 Å². The van der Waals surface area contributed by atoms with E-state index < -0.39 is 0 Å². The molecule has 2 unspecified atom stereocenters. The minimum Gasteiger partial charge on any atom is -0.373 e. The van der Waals surface area contributed by atoms with Crippen LogP contribution < -0.4 is 5.32 Å². The first-order valence-corrected chi connectivity index (χ1v) is 7.70. The minimum absolute atomic E-state index is 0.127. The van der Waals surface area contributed by atoms with Gasteiger partial charge in [-0.05, 0) is 63.3 Å². The lowest BCUT2D eigenvalue weighted by Gasteiger charge is -2.41. The highest BCUT2D eigenvalue weighted by molar-refractivity contribution is 5.28. The Labute approximate surface area is 121 Å². The first-order valence-electron chi connectivity index (χ1n) is 7.70. The predicted octanol–water partition coefficient (Wildman–Crippen LogP) is 4.13. The van der Waals surface area contributed by atoms with Crippen LogP contribution in [-0.2, 0) is 4.74 Å². The highest BCUT2D eigenvalue weighted by Gasteiger charge is 2.37. The number of ether oxygens (including phenoxy) is 1. The average Bonchev–Trinajstić information content (AvgIpc) is 2.43. The van der Waals surface area contributed by atoms with E-state index in [1.807, 2.05) is 19.1 Å². The van der Waals surface area contributed by atoms with Crippen LogP contribution in [0, 0.1) is 12.7 Å². The van der Waals surface area contributed by atoms with Crippen LogP contribution in [0.25, 0.3) is 0 Å². The van der Waals surface area contributed by atoms with E-state index in [0.29, 0.717) is 5.56 Å². The number of hydrogen-bond acceptors (Lipinski definition) is 2. The van der Waals surface area contributed by atoms with Gasteiger partial charge in [0.15, 0.2) is 0 Å². The molecule has 1 saturated heterocycles. The summed E-state index contributed by atoms with van der Waals surface area (Å²) in [7, 11) is 0. The highest BCUT2D eigenvalue weighted by Crippen LogP contribution is 2.37.